The molecule has 0 radical (unpaired) electrons. The Bertz CT molecular complexity index is 526. The van der Waals surface area contributed by atoms with Crippen molar-refractivity contribution in [3.63, 3.8) is 0 Å². The van der Waals surface area contributed by atoms with Crippen molar-refractivity contribution in [1.29, 1.82) is 0 Å². The van der Waals surface area contributed by atoms with Crippen molar-refractivity contribution in [2.45, 2.75) is 6.92 Å². The maximum absolute atomic E-state index is 11.5. The second-order valence-electron chi connectivity index (χ2n) is 3.41. The van der Waals surface area contributed by atoms with Crippen LogP contribution in [0.3, 0.4) is 0 Å². The Hall–Kier alpha value is -1.95. The zero-order valence-electron chi connectivity index (χ0n) is 9.22. The number of hydrogen-bond acceptors (Lipinski definition) is 5. The first-order valence-electron chi connectivity index (χ1n) is 4.79. The van der Waals surface area contributed by atoms with E-state index in [1.807, 2.05) is 0 Å². The predicted octanol–water partition coefficient (Wildman–Crippen LogP) is 1.27. The van der Waals surface area contributed by atoms with Crippen LogP contribution in [0.15, 0.2) is 18.2 Å². The molecule has 0 bridgehead atoms. The van der Waals surface area contributed by atoms with Gasteiger partial charge in [0, 0.05) is 17.0 Å². The lowest BCUT2D eigenvalue weighted by Crippen LogP contribution is -2.30. The van der Waals surface area contributed by atoms with Gasteiger partial charge in [0.1, 0.15) is 5.00 Å². The van der Waals surface area contributed by atoms with E-state index in [0.717, 1.165) is 9.78 Å². The van der Waals surface area contributed by atoms with Gasteiger partial charge in [-0.05, 0) is 13.0 Å². The zero-order valence-corrected chi connectivity index (χ0v) is 10.0. The Morgan fingerprint density at radius 2 is 1.88 bits per heavy atom. The van der Waals surface area contributed by atoms with Crippen molar-refractivity contribution >= 4 is 34.1 Å². The number of thiophene rings is 1. The summed E-state index contributed by atoms with van der Waals surface area (Å²) in [6.07, 6.45) is 2.36. The molecule has 2 heterocycles. The highest BCUT2D eigenvalue weighted by Crippen LogP contribution is 2.33. The van der Waals surface area contributed by atoms with E-state index in [1.165, 1.54) is 30.6 Å². The molecule has 0 unspecified atom stereocenters. The highest BCUT2D eigenvalue weighted by molar-refractivity contribution is 7.17. The van der Waals surface area contributed by atoms with Crippen LogP contribution in [-0.4, -0.2) is 24.9 Å². The van der Waals surface area contributed by atoms with Gasteiger partial charge >= 0.3 is 5.97 Å². The fraction of sp³-hybridized carbons (Fsp3) is 0.182. The molecule has 1 aromatic heterocycles. The molecule has 5 nitrogen and oxygen atoms in total. The molecular formula is C11H9NO4S. The Morgan fingerprint density at radius 1 is 1.29 bits per heavy atom. The second kappa shape index (κ2) is 4.14. The van der Waals surface area contributed by atoms with E-state index >= 15 is 0 Å². The largest absolute Gasteiger partial charge is 0.465 e. The summed E-state index contributed by atoms with van der Waals surface area (Å²) in [5, 5.41) is 0.314. The fourth-order valence-corrected chi connectivity index (χ4v) is 2.53. The number of amides is 2. The summed E-state index contributed by atoms with van der Waals surface area (Å²) in [6, 6.07) is 1.60. The van der Waals surface area contributed by atoms with Crippen molar-refractivity contribution < 1.29 is 19.1 Å². The van der Waals surface area contributed by atoms with E-state index < -0.39 is 17.8 Å². The van der Waals surface area contributed by atoms with Crippen LogP contribution in [0.25, 0.3) is 0 Å². The van der Waals surface area contributed by atoms with E-state index in [0.29, 0.717) is 5.00 Å². The van der Waals surface area contributed by atoms with Crippen LogP contribution in [0.5, 0.6) is 0 Å². The lowest BCUT2D eigenvalue weighted by Gasteiger charge is -2.12. The molecule has 0 atom stereocenters. The minimum absolute atomic E-state index is 0.236. The molecule has 0 fully saturated rings. The zero-order chi connectivity index (χ0) is 12.6. The van der Waals surface area contributed by atoms with Gasteiger partial charge in [-0.1, -0.05) is 0 Å². The number of hydrogen-bond donors (Lipinski definition) is 0. The van der Waals surface area contributed by atoms with Crippen molar-refractivity contribution in [1.82, 2.24) is 0 Å². The Labute approximate surface area is 101 Å². The van der Waals surface area contributed by atoms with Crippen LogP contribution in [0, 0.1) is 6.92 Å². The molecule has 1 aliphatic heterocycles. The number of rotatable bonds is 2. The monoisotopic (exact) mass is 251 g/mol. The van der Waals surface area contributed by atoms with Crippen LogP contribution >= 0.6 is 11.3 Å². The number of aryl methyl sites for hydroxylation is 1. The molecular weight excluding hydrogens is 242 g/mol. The smallest absolute Gasteiger partial charge is 0.340 e. The summed E-state index contributed by atoms with van der Waals surface area (Å²) in [5.74, 6) is -1.44. The standard InChI is InChI=1S/C11H9NO4S/c1-6-5-7(11(15)16-2)10(17-6)12-8(13)3-4-9(12)14/h3-5H,1-2H3. The number of imide groups is 1. The second-order valence-corrected chi connectivity index (χ2v) is 4.65. The topological polar surface area (TPSA) is 63.7 Å². The third kappa shape index (κ3) is 1.87. The molecule has 88 valence electrons. The van der Waals surface area contributed by atoms with Gasteiger partial charge in [0.05, 0.1) is 12.7 Å². The SMILES string of the molecule is COC(=O)c1cc(C)sc1N1C(=O)C=CC1=O. The van der Waals surface area contributed by atoms with Gasteiger partial charge in [-0.15, -0.1) is 11.3 Å². The first-order valence-corrected chi connectivity index (χ1v) is 5.61. The van der Waals surface area contributed by atoms with E-state index in [9.17, 15) is 14.4 Å². The highest BCUT2D eigenvalue weighted by atomic mass is 32.1. The molecule has 0 saturated carbocycles. The highest BCUT2D eigenvalue weighted by Gasteiger charge is 2.31. The first kappa shape index (κ1) is 11.5. The maximum atomic E-state index is 11.5. The van der Waals surface area contributed by atoms with Gasteiger partial charge in [-0.2, -0.15) is 0 Å². The molecule has 0 aromatic carbocycles. The summed E-state index contributed by atoms with van der Waals surface area (Å²) in [7, 11) is 1.25. The van der Waals surface area contributed by atoms with Crippen LogP contribution in [0.4, 0.5) is 5.00 Å². The van der Waals surface area contributed by atoms with Gasteiger partial charge in [-0.3, -0.25) is 9.59 Å². The van der Waals surface area contributed by atoms with E-state index in [2.05, 4.69) is 4.74 Å². The summed E-state index contributed by atoms with van der Waals surface area (Å²) in [6.45, 7) is 1.79. The Morgan fingerprint density at radius 3 is 2.41 bits per heavy atom. The van der Waals surface area contributed by atoms with Gasteiger partial charge in [0.25, 0.3) is 11.8 Å². The fourth-order valence-electron chi connectivity index (χ4n) is 1.52. The van der Waals surface area contributed by atoms with Crippen molar-refractivity contribution in [2.24, 2.45) is 0 Å². The number of methoxy groups -OCH3 is 1. The van der Waals surface area contributed by atoms with Gasteiger partial charge in [-0.25, -0.2) is 9.69 Å². The number of nitrogens with zero attached hydrogens (tertiary/aromatic N) is 1. The summed E-state index contributed by atoms with van der Waals surface area (Å²) in [4.78, 5) is 36.4. The van der Waals surface area contributed by atoms with Gasteiger partial charge < -0.3 is 4.74 Å². The molecule has 0 aliphatic carbocycles. The summed E-state index contributed by atoms with van der Waals surface area (Å²) < 4.78 is 4.62. The van der Waals surface area contributed by atoms with Crippen LogP contribution in [0.1, 0.15) is 15.2 Å². The molecule has 1 aromatic rings. The predicted molar refractivity (Wildman–Crippen MR) is 62.0 cm³/mol. The number of carbonyl (C=O) groups excluding carboxylic acids is 3. The number of ether oxygens (including phenoxy) is 1. The van der Waals surface area contributed by atoms with Crippen molar-refractivity contribution in [3.8, 4) is 0 Å². The lowest BCUT2D eigenvalue weighted by atomic mass is 10.3. The minimum atomic E-state index is -0.558. The van der Waals surface area contributed by atoms with Crippen LogP contribution < -0.4 is 4.90 Å². The number of esters is 1. The average molecular weight is 251 g/mol. The maximum Gasteiger partial charge on any atom is 0.340 e. The molecule has 0 spiro atoms. The lowest BCUT2D eigenvalue weighted by molar-refractivity contribution is -0.119. The molecule has 2 amide bonds. The van der Waals surface area contributed by atoms with Crippen LogP contribution in [0.2, 0.25) is 0 Å². The molecule has 0 saturated heterocycles. The van der Waals surface area contributed by atoms with Crippen molar-refractivity contribution in [2.75, 3.05) is 12.0 Å². The summed E-state index contributed by atoms with van der Waals surface area (Å²) in [5.41, 5.74) is 0.236. The third-order valence-corrected chi connectivity index (χ3v) is 3.29. The minimum Gasteiger partial charge on any atom is -0.465 e. The first-order chi connectivity index (χ1) is 8.04. The number of anilines is 1. The molecule has 0 N–H and O–H groups in total. The van der Waals surface area contributed by atoms with Gasteiger partial charge in [0.2, 0.25) is 0 Å². The average Bonchev–Trinajstić information content (AvgIpc) is 2.81. The molecule has 17 heavy (non-hydrogen) atoms. The molecule has 2 rings (SSSR count). The van der Waals surface area contributed by atoms with E-state index in [-0.39, 0.29) is 5.56 Å². The third-order valence-electron chi connectivity index (χ3n) is 2.25. The van der Waals surface area contributed by atoms with Gasteiger partial charge in [0.15, 0.2) is 0 Å². The van der Waals surface area contributed by atoms with Crippen LogP contribution in [-0.2, 0) is 14.3 Å². The van der Waals surface area contributed by atoms with E-state index in [1.54, 1.807) is 13.0 Å². The quantitative estimate of drug-likeness (QED) is 0.586. The Balaban J connectivity index is 2.49. The van der Waals surface area contributed by atoms with E-state index in [4.69, 9.17) is 0 Å². The number of carbonyl (C=O) groups is 3. The molecule has 6 heteroatoms. The summed E-state index contributed by atoms with van der Waals surface area (Å²) >= 11 is 1.21. The molecule has 1 aliphatic rings. The van der Waals surface area contributed by atoms with Crippen molar-refractivity contribution in [3.05, 3.63) is 28.7 Å². The Kier molecular flexibility index (Phi) is 2.81. The normalized spacial score (nSPS) is 14.6.